The van der Waals surface area contributed by atoms with E-state index in [0.29, 0.717) is 17.1 Å². The lowest BCUT2D eigenvalue weighted by atomic mass is 10.00. The summed E-state index contributed by atoms with van der Waals surface area (Å²) in [7, 11) is 3.09. The van der Waals surface area contributed by atoms with Gasteiger partial charge in [-0.05, 0) is 32.8 Å². The minimum Gasteiger partial charge on any atom is -0.493 e. The van der Waals surface area contributed by atoms with Gasteiger partial charge >= 0.3 is 0 Å². The predicted octanol–water partition coefficient (Wildman–Crippen LogP) is 3.11. The highest BCUT2D eigenvalue weighted by Crippen LogP contribution is 2.58. The van der Waals surface area contributed by atoms with E-state index in [2.05, 4.69) is 5.32 Å². The summed E-state index contributed by atoms with van der Waals surface area (Å²) in [5.74, 6) is 0.772. The smallest absolute Gasteiger partial charge is 0.260 e. The van der Waals surface area contributed by atoms with Crippen LogP contribution in [-0.4, -0.2) is 47.8 Å². The SMILES string of the molecule is COc1ccc2c(c1OC)C(=O)N1[C@@H](C(=O)NC3CCCC3)C(C)(C)S[C@@H]21. The molecule has 1 N–H and O–H groups in total. The van der Waals surface area contributed by atoms with Crippen LogP contribution in [0.15, 0.2) is 12.1 Å². The molecule has 3 aliphatic rings. The molecule has 1 aromatic rings. The predicted molar refractivity (Wildman–Crippen MR) is 104 cm³/mol. The van der Waals surface area contributed by atoms with Crippen LogP contribution < -0.4 is 14.8 Å². The summed E-state index contributed by atoms with van der Waals surface area (Å²) < 4.78 is 10.5. The molecule has 2 amide bonds. The van der Waals surface area contributed by atoms with Crippen LogP contribution in [0, 0.1) is 0 Å². The van der Waals surface area contributed by atoms with Crippen LogP contribution in [0.5, 0.6) is 11.5 Å². The number of thioether (sulfide) groups is 1. The van der Waals surface area contributed by atoms with E-state index in [0.717, 1.165) is 31.2 Å². The zero-order chi connectivity index (χ0) is 19.3. The third-order valence-corrected chi connectivity index (χ3v) is 7.38. The number of fused-ring (bicyclic) bond motifs is 3. The number of hydrogen-bond donors (Lipinski definition) is 1. The van der Waals surface area contributed by atoms with Gasteiger partial charge in [0.05, 0.1) is 19.8 Å². The molecular formula is C20H26N2O4S. The Morgan fingerprint density at radius 2 is 1.93 bits per heavy atom. The molecule has 0 spiro atoms. The molecule has 146 valence electrons. The first kappa shape index (κ1) is 18.5. The van der Waals surface area contributed by atoms with Gasteiger partial charge in [0.25, 0.3) is 5.91 Å². The van der Waals surface area contributed by atoms with Gasteiger partial charge in [-0.15, -0.1) is 11.8 Å². The second kappa shape index (κ2) is 6.62. The van der Waals surface area contributed by atoms with Crippen molar-refractivity contribution < 1.29 is 19.1 Å². The molecule has 2 heterocycles. The van der Waals surface area contributed by atoms with Crippen molar-refractivity contribution in [2.24, 2.45) is 0 Å². The number of rotatable bonds is 4. The van der Waals surface area contributed by atoms with E-state index in [1.54, 1.807) is 23.8 Å². The number of nitrogens with zero attached hydrogens (tertiary/aromatic N) is 1. The Kier molecular flexibility index (Phi) is 4.53. The van der Waals surface area contributed by atoms with Crippen LogP contribution >= 0.6 is 11.8 Å². The molecule has 1 aliphatic carbocycles. The van der Waals surface area contributed by atoms with Crippen molar-refractivity contribution in [2.45, 2.75) is 61.7 Å². The Morgan fingerprint density at radius 3 is 2.56 bits per heavy atom. The van der Waals surface area contributed by atoms with Crippen LogP contribution in [-0.2, 0) is 4.79 Å². The van der Waals surface area contributed by atoms with E-state index in [1.807, 2.05) is 26.0 Å². The largest absolute Gasteiger partial charge is 0.493 e. The summed E-state index contributed by atoms with van der Waals surface area (Å²) in [6.45, 7) is 4.09. The minimum absolute atomic E-state index is 0.0472. The molecule has 0 radical (unpaired) electrons. The molecule has 0 aromatic heterocycles. The third kappa shape index (κ3) is 2.78. The first-order valence-electron chi connectivity index (χ1n) is 9.44. The van der Waals surface area contributed by atoms with Crippen LogP contribution in [0.3, 0.4) is 0 Å². The maximum absolute atomic E-state index is 13.4. The van der Waals surface area contributed by atoms with Crippen LogP contribution in [0.1, 0.15) is 60.8 Å². The average molecular weight is 391 g/mol. The molecule has 2 atom stereocenters. The number of hydrogen-bond acceptors (Lipinski definition) is 5. The Labute approximate surface area is 164 Å². The normalized spacial score (nSPS) is 26.1. The second-order valence-electron chi connectivity index (χ2n) is 7.94. The topological polar surface area (TPSA) is 67.9 Å². The zero-order valence-corrected chi connectivity index (χ0v) is 17.0. The Morgan fingerprint density at radius 1 is 1.22 bits per heavy atom. The van der Waals surface area contributed by atoms with E-state index in [-0.39, 0.29) is 28.0 Å². The van der Waals surface area contributed by atoms with E-state index < -0.39 is 6.04 Å². The molecule has 6 nitrogen and oxygen atoms in total. The van der Waals surface area contributed by atoms with Crippen LogP contribution in [0.4, 0.5) is 0 Å². The van der Waals surface area contributed by atoms with Crippen molar-refractivity contribution in [2.75, 3.05) is 14.2 Å². The lowest BCUT2D eigenvalue weighted by Gasteiger charge is -2.30. The molecular weight excluding hydrogens is 364 g/mol. The summed E-state index contributed by atoms with van der Waals surface area (Å²) in [4.78, 5) is 28.3. The molecule has 0 bridgehead atoms. The van der Waals surface area contributed by atoms with E-state index in [9.17, 15) is 9.59 Å². The quantitative estimate of drug-likeness (QED) is 0.856. The summed E-state index contributed by atoms with van der Waals surface area (Å²) in [5, 5.41) is 3.01. The molecule has 7 heteroatoms. The number of methoxy groups -OCH3 is 2. The fraction of sp³-hybridized carbons (Fsp3) is 0.600. The van der Waals surface area contributed by atoms with E-state index >= 15 is 0 Å². The standard InChI is InChI=1S/C20H26N2O4S/c1-20(2)16(17(23)21-11-7-5-6-8-11)22-18(24)14-12(19(22)27-20)9-10-13(25-3)15(14)26-4/h9-11,16,19H,5-8H2,1-4H3,(H,21,23)/t16-,19-/m0/s1. The van der Waals surface area contributed by atoms with Crippen molar-refractivity contribution in [3.8, 4) is 11.5 Å². The van der Waals surface area contributed by atoms with Crippen molar-refractivity contribution in [3.63, 3.8) is 0 Å². The number of benzene rings is 1. The van der Waals surface area contributed by atoms with Crippen LogP contribution in [0.25, 0.3) is 0 Å². The van der Waals surface area contributed by atoms with Crippen molar-refractivity contribution >= 4 is 23.6 Å². The molecule has 1 saturated heterocycles. The maximum atomic E-state index is 13.4. The summed E-state index contributed by atoms with van der Waals surface area (Å²) >= 11 is 1.66. The van der Waals surface area contributed by atoms with Gasteiger partial charge in [-0.1, -0.05) is 18.9 Å². The molecule has 0 unspecified atom stereocenters. The Bertz CT molecular complexity index is 788. The van der Waals surface area contributed by atoms with E-state index in [1.165, 1.54) is 7.11 Å². The number of amides is 2. The van der Waals surface area contributed by atoms with Gasteiger partial charge in [0, 0.05) is 16.4 Å². The fourth-order valence-electron chi connectivity index (χ4n) is 4.61. The van der Waals surface area contributed by atoms with Crippen LogP contribution in [0.2, 0.25) is 0 Å². The van der Waals surface area contributed by atoms with Gasteiger partial charge in [-0.2, -0.15) is 0 Å². The summed E-state index contributed by atoms with van der Waals surface area (Å²) in [6.07, 6.45) is 4.35. The highest BCUT2D eigenvalue weighted by atomic mass is 32.2. The van der Waals surface area contributed by atoms with Gasteiger partial charge in [-0.3, -0.25) is 9.59 Å². The Balaban J connectivity index is 1.70. The van der Waals surface area contributed by atoms with Gasteiger partial charge in [0.1, 0.15) is 11.4 Å². The lowest BCUT2D eigenvalue weighted by molar-refractivity contribution is -0.126. The number of carbonyl (C=O) groups is 2. The zero-order valence-electron chi connectivity index (χ0n) is 16.2. The Hall–Kier alpha value is -1.89. The van der Waals surface area contributed by atoms with E-state index in [4.69, 9.17) is 9.47 Å². The fourth-order valence-corrected chi connectivity index (χ4v) is 6.19. The highest BCUT2D eigenvalue weighted by Gasteiger charge is 2.58. The van der Waals surface area contributed by atoms with Crippen molar-refractivity contribution in [3.05, 3.63) is 23.3 Å². The number of carbonyl (C=O) groups excluding carboxylic acids is 2. The number of ether oxygens (including phenoxy) is 2. The summed E-state index contributed by atoms with van der Waals surface area (Å²) in [5.41, 5.74) is 1.41. The maximum Gasteiger partial charge on any atom is 0.260 e. The molecule has 2 aliphatic heterocycles. The monoisotopic (exact) mass is 390 g/mol. The van der Waals surface area contributed by atoms with Gasteiger partial charge in [0.15, 0.2) is 11.5 Å². The third-order valence-electron chi connectivity index (χ3n) is 5.85. The van der Waals surface area contributed by atoms with Crippen molar-refractivity contribution in [1.29, 1.82) is 0 Å². The van der Waals surface area contributed by atoms with Crippen molar-refractivity contribution in [1.82, 2.24) is 10.2 Å². The first-order valence-corrected chi connectivity index (χ1v) is 10.3. The lowest BCUT2D eigenvalue weighted by Crippen LogP contribution is -2.54. The molecule has 1 saturated carbocycles. The number of nitrogens with one attached hydrogen (secondary N) is 1. The van der Waals surface area contributed by atoms with Gasteiger partial charge in [-0.25, -0.2) is 0 Å². The molecule has 4 rings (SSSR count). The highest BCUT2D eigenvalue weighted by molar-refractivity contribution is 8.01. The minimum atomic E-state index is -0.510. The van der Waals surface area contributed by atoms with Gasteiger partial charge < -0.3 is 19.7 Å². The first-order chi connectivity index (χ1) is 12.9. The summed E-state index contributed by atoms with van der Waals surface area (Å²) in [6, 6.07) is 3.46. The molecule has 2 fully saturated rings. The average Bonchev–Trinajstić information content (AvgIpc) is 3.30. The molecule has 1 aromatic carbocycles. The molecule has 27 heavy (non-hydrogen) atoms. The second-order valence-corrected chi connectivity index (χ2v) is 9.68. The van der Waals surface area contributed by atoms with Gasteiger partial charge in [0.2, 0.25) is 5.91 Å².